The van der Waals surface area contributed by atoms with E-state index in [0.29, 0.717) is 39.4 Å². The number of nitrogens with zero attached hydrogens (tertiary/aromatic N) is 5. The molecule has 0 saturated carbocycles. The summed E-state index contributed by atoms with van der Waals surface area (Å²) in [5, 5.41) is 0. The number of pyridine rings is 1. The molecule has 2 aromatic rings. The van der Waals surface area contributed by atoms with Crippen molar-refractivity contribution < 1.29 is 23.9 Å². The van der Waals surface area contributed by atoms with Gasteiger partial charge in [-0.05, 0) is 51.3 Å². The molecule has 3 aliphatic rings. The first-order valence-corrected chi connectivity index (χ1v) is 15.3. The minimum Gasteiger partial charge on any atom is -0.444 e. The van der Waals surface area contributed by atoms with Gasteiger partial charge in [0.2, 0.25) is 11.8 Å². The van der Waals surface area contributed by atoms with Crippen LogP contribution in [0.15, 0.2) is 42.6 Å². The summed E-state index contributed by atoms with van der Waals surface area (Å²) in [5.74, 6) is -0.172. The topological polar surface area (TPSA) is 95.5 Å². The van der Waals surface area contributed by atoms with Crippen LogP contribution in [0.5, 0.6) is 0 Å². The number of morpholine rings is 1. The Morgan fingerprint density at radius 3 is 2.42 bits per heavy atom. The molecule has 10 nitrogen and oxygen atoms in total. The Bertz CT molecular complexity index is 1330. The number of aromatic nitrogens is 1. The molecule has 0 N–H and O–H groups in total. The summed E-state index contributed by atoms with van der Waals surface area (Å²) < 4.78 is 11.1. The second-order valence-corrected chi connectivity index (χ2v) is 13.6. The average molecular weight is 592 g/mol. The van der Waals surface area contributed by atoms with Gasteiger partial charge in [-0.25, -0.2) is 4.79 Å². The smallest absolute Gasteiger partial charge is 0.410 e. The van der Waals surface area contributed by atoms with Crippen LogP contribution < -0.4 is 4.90 Å². The Morgan fingerprint density at radius 2 is 1.74 bits per heavy atom. The van der Waals surface area contributed by atoms with Crippen LogP contribution >= 0.6 is 0 Å². The maximum absolute atomic E-state index is 14.1. The van der Waals surface area contributed by atoms with Crippen LogP contribution in [-0.2, 0) is 30.9 Å². The molecule has 10 heteroatoms. The first kappa shape index (κ1) is 30.9. The standard InChI is InChI=1S/C33H45N5O5/c1-23-19-36(27(30(40)35-12-14-42-15-13-35)20-37(23)31(41)43-32(2,3)4)21-28(39)38-22-33(5,6)29-26(38)17-25(18-34-29)16-24-10-8-7-9-11-24/h7-11,17-18,23,27H,12-16,19-22H2,1-6H3/t23-,27-/m1/s1. The third-order valence-corrected chi connectivity index (χ3v) is 8.38. The van der Waals surface area contributed by atoms with E-state index in [1.54, 1.807) is 9.80 Å². The average Bonchev–Trinajstić information content (AvgIpc) is 3.22. The van der Waals surface area contributed by atoms with Crippen molar-refractivity contribution in [1.82, 2.24) is 19.7 Å². The number of ether oxygens (including phenoxy) is 2. The van der Waals surface area contributed by atoms with E-state index in [0.717, 1.165) is 23.4 Å². The van der Waals surface area contributed by atoms with Crippen LogP contribution in [0.25, 0.3) is 0 Å². The highest BCUT2D eigenvalue weighted by atomic mass is 16.6. The molecule has 0 bridgehead atoms. The molecule has 2 fully saturated rings. The first-order valence-electron chi connectivity index (χ1n) is 15.3. The number of hydrogen-bond donors (Lipinski definition) is 0. The van der Waals surface area contributed by atoms with Gasteiger partial charge in [0, 0.05) is 50.4 Å². The van der Waals surface area contributed by atoms with Crippen LogP contribution in [0.1, 0.15) is 58.4 Å². The maximum atomic E-state index is 14.1. The lowest BCUT2D eigenvalue weighted by atomic mass is 9.91. The van der Waals surface area contributed by atoms with Crippen molar-refractivity contribution in [2.24, 2.45) is 0 Å². The molecule has 0 aliphatic carbocycles. The van der Waals surface area contributed by atoms with Gasteiger partial charge in [0.05, 0.1) is 31.1 Å². The lowest BCUT2D eigenvalue weighted by Crippen LogP contribution is -2.65. The second kappa shape index (κ2) is 12.2. The Kier molecular flexibility index (Phi) is 8.81. The van der Waals surface area contributed by atoms with Gasteiger partial charge in [-0.3, -0.25) is 19.5 Å². The Labute approximate surface area is 254 Å². The van der Waals surface area contributed by atoms with Crippen molar-refractivity contribution in [2.75, 3.05) is 57.4 Å². The zero-order valence-corrected chi connectivity index (χ0v) is 26.3. The number of piperazine rings is 1. The number of hydrogen-bond acceptors (Lipinski definition) is 7. The molecule has 43 heavy (non-hydrogen) atoms. The monoisotopic (exact) mass is 591 g/mol. The lowest BCUT2D eigenvalue weighted by molar-refractivity contribution is -0.145. The van der Waals surface area contributed by atoms with Crippen molar-refractivity contribution in [3.63, 3.8) is 0 Å². The van der Waals surface area contributed by atoms with Gasteiger partial charge in [0.25, 0.3) is 0 Å². The summed E-state index contributed by atoms with van der Waals surface area (Å²) in [4.78, 5) is 53.1. The molecular weight excluding hydrogens is 546 g/mol. The quantitative estimate of drug-likeness (QED) is 0.526. The number of carbonyl (C=O) groups is 3. The molecule has 1 aromatic heterocycles. The van der Waals surface area contributed by atoms with Crippen molar-refractivity contribution >= 4 is 23.6 Å². The van der Waals surface area contributed by atoms with Gasteiger partial charge in [-0.1, -0.05) is 44.2 Å². The van der Waals surface area contributed by atoms with E-state index < -0.39 is 17.7 Å². The maximum Gasteiger partial charge on any atom is 0.410 e. The molecule has 3 amide bonds. The minimum absolute atomic E-state index is 0.0612. The van der Waals surface area contributed by atoms with Gasteiger partial charge in [-0.2, -0.15) is 0 Å². The Hall–Kier alpha value is -3.50. The van der Waals surface area contributed by atoms with Crippen LogP contribution in [0.2, 0.25) is 0 Å². The second-order valence-electron chi connectivity index (χ2n) is 13.6. The number of carbonyl (C=O) groups excluding carboxylic acids is 3. The van der Waals surface area contributed by atoms with Crippen molar-refractivity contribution in [3.8, 4) is 0 Å². The minimum atomic E-state index is -0.664. The number of benzene rings is 1. The molecule has 0 radical (unpaired) electrons. The van der Waals surface area contributed by atoms with Gasteiger partial charge in [-0.15, -0.1) is 0 Å². The van der Waals surface area contributed by atoms with Gasteiger partial charge < -0.3 is 24.2 Å². The van der Waals surface area contributed by atoms with Crippen molar-refractivity contribution in [3.05, 3.63) is 59.4 Å². The summed E-state index contributed by atoms with van der Waals surface area (Å²) >= 11 is 0. The van der Waals surface area contributed by atoms with E-state index in [2.05, 4.69) is 32.0 Å². The summed E-state index contributed by atoms with van der Waals surface area (Å²) in [6.07, 6.45) is 2.19. The summed E-state index contributed by atoms with van der Waals surface area (Å²) in [5.41, 5.74) is 3.00. The normalized spacial score (nSPS) is 22.3. The number of amides is 3. The number of anilines is 1. The highest BCUT2D eigenvalue weighted by Gasteiger charge is 2.44. The fourth-order valence-corrected chi connectivity index (χ4v) is 6.21. The van der Waals surface area contributed by atoms with Crippen LogP contribution in [-0.4, -0.2) is 108 Å². The zero-order valence-electron chi connectivity index (χ0n) is 26.3. The van der Waals surface area contributed by atoms with Crippen molar-refractivity contribution in [2.45, 2.75) is 71.1 Å². The van der Waals surface area contributed by atoms with Crippen LogP contribution in [0.3, 0.4) is 0 Å². The number of rotatable bonds is 5. The molecule has 0 spiro atoms. The molecule has 5 rings (SSSR count). The Balaban J connectivity index is 1.38. The van der Waals surface area contributed by atoms with Gasteiger partial charge in [0.1, 0.15) is 11.6 Å². The predicted octanol–water partition coefficient (Wildman–Crippen LogP) is 3.47. The SMILES string of the molecule is C[C@@H]1CN(CC(=O)N2CC(C)(C)c3ncc(Cc4ccccc4)cc32)[C@@H](C(=O)N2CCOCC2)CN1C(=O)OC(C)(C)C. The van der Waals surface area contributed by atoms with Crippen LogP contribution in [0, 0.1) is 0 Å². The largest absolute Gasteiger partial charge is 0.444 e. The van der Waals surface area contributed by atoms with E-state index in [9.17, 15) is 14.4 Å². The van der Waals surface area contributed by atoms with E-state index >= 15 is 0 Å². The highest BCUT2D eigenvalue weighted by molar-refractivity contribution is 5.98. The van der Waals surface area contributed by atoms with E-state index in [-0.39, 0.29) is 36.4 Å². The third-order valence-electron chi connectivity index (χ3n) is 8.38. The summed E-state index contributed by atoms with van der Waals surface area (Å²) in [6, 6.07) is 11.4. The fraction of sp³-hybridized carbons (Fsp3) is 0.576. The number of fused-ring (bicyclic) bond motifs is 1. The molecule has 4 heterocycles. The molecule has 2 atom stereocenters. The third kappa shape index (κ3) is 7.02. The predicted molar refractivity (Wildman–Crippen MR) is 164 cm³/mol. The van der Waals surface area contributed by atoms with Crippen molar-refractivity contribution in [1.29, 1.82) is 0 Å². The fourth-order valence-electron chi connectivity index (χ4n) is 6.21. The Morgan fingerprint density at radius 1 is 1.05 bits per heavy atom. The molecule has 0 unspecified atom stereocenters. The summed E-state index contributed by atoms with van der Waals surface area (Å²) in [7, 11) is 0. The van der Waals surface area contributed by atoms with Gasteiger partial charge in [0.15, 0.2) is 0 Å². The molecule has 3 aliphatic heterocycles. The van der Waals surface area contributed by atoms with E-state index in [1.165, 1.54) is 5.56 Å². The summed E-state index contributed by atoms with van der Waals surface area (Å²) in [6.45, 7) is 14.7. The van der Waals surface area contributed by atoms with E-state index in [1.807, 2.05) is 61.9 Å². The first-order chi connectivity index (χ1) is 20.3. The van der Waals surface area contributed by atoms with E-state index in [4.69, 9.17) is 14.5 Å². The molecule has 2 saturated heterocycles. The zero-order chi connectivity index (χ0) is 30.9. The highest BCUT2D eigenvalue weighted by Crippen LogP contribution is 2.40. The van der Waals surface area contributed by atoms with Gasteiger partial charge >= 0.3 is 6.09 Å². The lowest BCUT2D eigenvalue weighted by Gasteiger charge is -2.46. The van der Waals surface area contributed by atoms with Crippen LogP contribution in [0.4, 0.5) is 10.5 Å². The molecular formula is C33H45N5O5. The molecule has 232 valence electrons. The molecule has 1 aromatic carbocycles.